The second-order valence-corrected chi connectivity index (χ2v) is 10.6. The van der Waals surface area contributed by atoms with E-state index in [9.17, 15) is 8.42 Å². The molecule has 0 bridgehead atoms. The number of hydrogen-bond acceptors (Lipinski definition) is 8. The molecule has 0 atom stereocenters. The molecule has 0 fully saturated rings. The van der Waals surface area contributed by atoms with Crippen LogP contribution in [0.4, 0.5) is 0 Å². The van der Waals surface area contributed by atoms with Crippen LogP contribution in [0, 0.1) is 6.92 Å². The largest absolute Gasteiger partial charge is 0.491 e. The average molecular weight is 476 g/mol. The van der Waals surface area contributed by atoms with Gasteiger partial charge in [-0.25, -0.2) is 14.6 Å². The van der Waals surface area contributed by atoms with E-state index < -0.39 is 15.7 Å². The average Bonchev–Trinajstić information content (AvgIpc) is 3.26. The SMILES string of the molecule is Cc1nc(-c2cn3c(n2)-c2ccc(OC(C)(C)COS(C)(=O)=O)cc2OCC3)n(C(C)C)n1. The second kappa shape index (κ2) is 8.45. The molecule has 1 aliphatic rings. The topological polar surface area (TPSA) is 110 Å². The molecule has 3 heterocycles. The Morgan fingerprint density at radius 1 is 1.21 bits per heavy atom. The number of ether oxygens (including phenoxy) is 2. The van der Waals surface area contributed by atoms with Gasteiger partial charge >= 0.3 is 0 Å². The molecule has 1 aliphatic heterocycles. The number of imidazole rings is 1. The Labute approximate surface area is 193 Å². The van der Waals surface area contributed by atoms with Crippen molar-refractivity contribution in [2.24, 2.45) is 0 Å². The number of aryl methyl sites for hydroxylation is 1. The summed E-state index contributed by atoms with van der Waals surface area (Å²) in [6.45, 7) is 10.5. The standard InChI is InChI=1S/C22H29N5O5S/c1-14(2)27-21(23-15(3)25-27)18-12-26-9-10-30-19-11-16(7-8-17(19)20(26)24-18)32-22(4,5)13-31-33(6,28)29/h7-8,11-12,14H,9-10,13H2,1-6H3. The third-order valence-corrected chi connectivity index (χ3v) is 5.58. The van der Waals surface area contributed by atoms with Crippen molar-refractivity contribution in [1.29, 1.82) is 0 Å². The van der Waals surface area contributed by atoms with E-state index in [0.717, 1.165) is 29.2 Å². The Kier molecular flexibility index (Phi) is 5.95. The van der Waals surface area contributed by atoms with Crippen LogP contribution in [0.5, 0.6) is 11.5 Å². The fourth-order valence-corrected chi connectivity index (χ4v) is 4.09. The molecule has 178 valence electrons. The van der Waals surface area contributed by atoms with E-state index in [1.807, 2.05) is 29.9 Å². The molecule has 0 spiro atoms. The number of nitrogens with zero attached hydrogens (tertiary/aromatic N) is 5. The van der Waals surface area contributed by atoms with Crippen molar-refractivity contribution in [3.8, 4) is 34.4 Å². The Balaban J connectivity index is 1.64. The molecule has 0 aliphatic carbocycles. The quantitative estimate of drug-likeness (QED) is 0.479. The molecule has 1 aromatic carbocycles. The van der Waals surface area contributed by atoms with Crippen LogP contribution in [0.15, 0.2) is 24.4 Å². The fourth-order valence-electron chi connectivity index (χ4n) is 3.60. The molecular formula is C22H29N5O5S. The molecule has 0 unspecified atom stereocenters. The van der Waals surface area contributed by atoms with Gasteiger partial charge in [-0.05, 0) is 46.8 Å². The number of benzene rings is 1. The predicted molar refractivity (Wildman–Crippen MR) is 123 cm³/mol. The Morgan fingerprint density at radius 2 is 1.97 bits per heavy atom. The van der Waals surface area contributed by atoms with E-state index in [4.69, 9.17) is 18.6 Å². The molecule has 0 amide bonds. The molecule has 0 radical (unpaired) electrons. The highest BCUT2D eigenvalue weighted by Gasteiger charge is 2.26. The van der Waals surface area contributed by atoms with Crippen molar-refractivity contribution in [3.63, 3.8) is 0 Å². The van der Waals surface area contributed by atoms with Gasteiger partial charge in [0.2, 0.25) is 0 Å². The van der Waals surface area contributed by atoms with Crippen LogP contribution in [0.2, 0.25) is 0 Å². The van der Waals surface area contributed by atoms with Crippen LogP contribution in [-0.2, 0) is 20.8 Å². The summed E-state index contributed by atoms with van der Waals surface area (Å²) in [4.78, 5) is 9.46. The normalized spacial score (nSPS) is 13.9. The zero-order valence-electron chi connectivity index (χ0n) is 19.7. The lowest BCUT2D eigenvalue weighted by atomic mass is 10.1. The smallest absolute Gasteiger partial charge is 0.264 e. The minimum absolute atomic E-state index is 0.104. The minimum atomic E-state index is -3.56. The maximum absolute atomic E-state index is 11.3. The van der Waals surface area contributed by atoms with E-state index >= 15 is 0 Å². The van der Waals surface area contributed by atoms with Gasteiger partial charge in [0.1, 0.15) is 47.7 Å². The van der Waals surface area contributed by atoms with Crippen molar-refractivity contribution >= 4 is 10.1 Å². The van der Waals surface area contributed by atoms with E-state index in [-0.39, 0.29) is 12.6 Å². The van der Waals surface area contributed by atoms with E-state index in [1.165, 1.54) is 0 Å². The molecule has 4 rings (SSSR count). The Bertz CT molecular complexity index is 1280. The molecule has 0 N–H and O–H groups in total. The highest BCUT2D eigenvalue weighted by atomic mass is 32.2. The summed E-state index contributed by atoms with van der Waals surface area (Å²) in [6, 6.07) is 5.66. The Morgan fingerprint density at radius 3 is 2.67 bits per heavy atom. The van der Waals surface area contributed by atoms with Gasteiger partial charge in [0.05, 0.1) is 18.4 Å². The molecule has 11 heteroatoms. The zero-order valence-corrected chi connectivity index (χ0v) is 20.5. The first-order chi connectivity index (χ1) is 15.4. The number of fused-ring (bicyclic) bond motifs is 3. The molecule has 0 saturated heterocycles. The first-order valence-corrected chi connectivity index (χ1v) is 12.5. The number of rotatable bonds is 7. The van der Waals surface area contributed by atoms with Gasteiger partial charge in [0, 0.05) is 18.3 Å². The third-order valence-electron chi connectivity index (χ3n) is 5.03. The molecule has 33 heavy (non-hydrogen) atoms. The lowest BCUT2D eigenvalue weighted by Crippen LogP contribution is -2.35. The van der Waals surface area contributed by atoms with Crippen LogP contribution < -0.4 is 9.47 Å². The highest BCUT2D eigenvalue weighted by molar-refractivity contribution is 7.85. The number of aromatic nitrogens is 5. The van der Waals surface area contributed by atoms with E-state index in [1.54, 1.807) is 19.9 Å². The first kappa shape index (κ1) is 23.2. The molecule has 2 aromatic heterocycles. The summed E-state index contributed by atoms with van der Waals surface area (Å²) in [7, 11) is -3.56. The molecule has 3 aromatic rings. The predicted octanol–water partition coefficient (Wildman–Crippen LogP) is 3.22. The molecule has 0 saturated carbocycles. The third kappa shape index (κ3) is 5.19. The van der Waals surface area contributed by atoms with Crippen molar-refractivity contribution in [2.75, 3.05) is 19.5 Å². The Hall–Kier alpha value is -2.92. The van der Waals surface area contributed by atoms with Gasteiger partial charge in [0.25, 0.3) is 10.1 Å². The maximum atomic E-state index is 11.3. The summed E-state index contributed by atoms with van der Waals surface area (Å²) in [6.07, 6.45) is 2.99. The second-order valence-electron chi connectivity index (χ2n) is 9.00. The van der Waals surface area contributed by atoms with Gasteiger partial charge in [-0.15, -0.1) is 0 Å². The summed E-state index contributed by atoms with van der Waals surface area (Å²) >= 11 is 0. The highest BCUT2D eigenvalue weighted by Crippen LogP contribution is 2.37. The van der Waals surface area contributed by atoms with Gasteiger partial charge < -0.3 is 14.0 Å². The lowest BCUT2D eigenvalue weighted by molar-refractivity contribution is 0.0548. The molecule has 10 nitrogen and oxygen atoms in total. The van der Waals surface area contributed by atoms with Crippen molar-refractivity contribution in [3.05, 3.63) is 30.2 Å². The van der Waals surface area contributed by atoms with Gasteiger partial charge in [0.15, 0.2) is 5.82 Å². The van der Waals surface area contributed by atoms with Crippen molar-refractivity contribution in [2.45, 2.75) is 52.8 Å². The minimum Gasteiger partial charge on any atom is -0.491 e. The lowest BCUT2D eigenvalue weighted by Gasteiger charge is -2.26. The maximum Gasteiger partial charge on any atom is 0.264 e. The zero-order chi connectivity index (χ0) is 24.0. The number of hydrogen-bond donors (Lipinski definition) is 0. The van der Waals surface area contributed by atoms with Crippen LogP contribution in [-0.4, -0.2) is 57.8 Å². The van der Waals surface area contributed by atoms with E-state index in [0.29, 0.717) is 30.5 Å². The monoisotopic (exact) mass is 475 g/mol. The summed E-state index contributed by atoms with van der Waals surface area (Å²) in [5, 5.41) is 4.50. The first-order valence-electron chi connectivity index (χ1n) is 10.7. The van der Waals surface area contributed by atoms with Crippen molar-refractivity contribution in [1.82, 2.24) is 24.3 Å². The van der Waals surface area contributed by atoms with Gasteiger partial charge in [-0.3, -0.25) is 4.18 Å². The summed E-state index contributed by atoms with van der Waals surface area (Å²) in [5.41, 5.74) is 0.738. The van der Waals surface area contributed by atoms with Crippen LogP contribution in [0.25, 0.3) is 22.9 Å². The summed E-state index contributed by atoms with van der Waals surface area (Å²) < 4.78 is 43.5. The summed E-state index contributed by atoms with van der Waals surface area (Å²) in [5.74, 6) is 3.41. The van der Waals surface area contributed by atoms with Crippen LogP contribution in [0.3, 0.4) is 0 Å². The van der Waals surface area contributed by atoms with Gasteiger partial charge in [-0.1, -0.05) is 0 Å². The fraction of sp³-hybridized carbons (Fsp3) is 0.500. The van der Waals surface area contributed by atoms with Gasteiger partial charge in [-0.2, -0.15) is 13.5 Å². The molecular weight excluding hydrogens is 446 g/mol. The van der Waals surface area contributed by atoms with E-state index in [2.05, 4.69) is 28.5 Å². The van der Waals surface area contributed by atoms with Crippen LogP contribution >= 0.6 is 0 Å². The van der Waals surface area contributed by atoms with Crippen LogP contribution in [0.1, 0.15) is 39.6 Å². The van der Waals surface area contributed by atoms with Crippen molar-refractivity contribution < 1.29 is 22.1 Å².